The first-order chi connectivity index (χ1) is 15.3. The highest BCUT2D eigenvalue weighted by molar-refractivity contribution is 5.79. The Hall–Kier alpha value is -2.91. The molecule has 1 aliphatic heterocycles. The van der Waals surface area contributed by atoms with Gasteiger partial charge in [0.1, 0.15) is 0 Å². The summed E-state index contributed by atoms with van der Waals surface area (Å²) in [6.45, 7) is 4.41. The second-order valence-corrected chi connectivity index (χ2v) is 8.52. The lowest BCUT2D eigenvalue weighted by molar-refractivity contribution is -0.137. The standard InChI is InChI=1S/C28H32N2O/c31-28(27-17-19-29(20-18-27)22-25-12-6-2-7-13-25)30(23-26-14-8-3-9-15-26)21-16-24-10-4-1-5-11-24/h1-15,27H,16-23H2. The van der Waals surface area contributed by atoms with Crippen molar-refractivity contribution in [3.05, 3.63) is 108 Å². The summed E-state index contributed by atoms with van der Waals surface area (Å²) >= 11 is 0. The molecule has 1 saturated heterocycles. The number of amides is 1. The maximum absolute atomic E-state index is 13.5. The van der Waals surface area contributed by atoms with Crippen molar-refractivity contribution in [3.8, 4) is 0 Å². The molecule has 0 spiro atoms. The molecule has 3 nitrogen and oxygen atoms in total. The van der Waals surface area contributed by atoms with E-state index in [1.165, 1.54) is 16.7 Å². The monoisotopic (exact) mass is 412 g/mol. The van der Waals surface area contributed by atoms with Crippen LogP contribution in [0.1, 0.15) is 29.5 Å². The number of nitrogens with zero attached hydrogens (tertiary/aromatic N) is 2. The molecule has 0 atom stereocenters. The van der Waals surface area contributed by atoms with Gasteiger partial charge in [0.15, 0.2) is 0 Å². The van der Waals surface area contributed by atoms with Crippen molar-refractivity contribution in [2.75, 3.05) is 19.6 Å². The summed E-state index contributed by atoms with van der Waals surface area (Å²) in [5.74, 6) is 0.450. The van der Waals surface area contributed by atoms with E-state index in [0.29, 0.717) is 12.5 Å². The molecule has 0 saturated carbocycles. The van der Waals surface area contributed by atoms with E-state index in [1.807, 2.05) is 12.1 Å². The van der Waals surface area contributed by atoms with Gasteiger partial charge in [0, 0.05) is 25.6 Å². The molecule has 0 aromatic heterocycles. The van der Waals surface area contributed by atoms with E-state index in [4.69, 9.17) is 0 Å². The zero-order chi connectivity index (χ0) is 21.3. The second-order valence-electron chi connectivity index (χ2n) is 8.52. The number of benzene rings is 3. The number of hydrogen-bond donors (Lipinski definition) is 0. The molecule has 1 fully saturated rings. The molecule has 3 heteroatoms. The summed E-state index contributed by atoms with van der Waals surface area (Å²) in [7, 11) is 0. The molecular weight excluding hydrogens is 380 g/mol. The number of carbonyl (C=O) groups is 1. The average Bonchev–Trinajstić information content (AvgIpc) is 2.84. The lowest BCUT2D eigenvalue weighted by Crippen LogP contribution is -2.42. The van der Waals surface area contributed by atoms with Crippen molar-refractivity contribution in [1.29, 1.82) is 0 Å². The van der Waals surface area contributed by atoms with Gasteiger partial charge in [0.25, 0.3) is 0 Å². The zero-order valence-electron chi connectivity index (χ0n) is 18.2. The Labute approximate surface area is 186 Å². The van der Waals surface area contributed by atoms with Crippen molar-refractivity contribution >= 4 is 5.91 Å². The van der Waals surface area contributed by atoms with Gasteiger partial charge in [-0.05, 0) is 49.0 Å². The molecule has 3 aromatic carbocycles. The van der Waals surface area contributed by atoms with Crippen molar-refractivity contribution in [2.45, 2.75) is 32.4 Å². The van der Waals surface area contributed by atoms with E-state index in [1.54, 1.807) is 0 Å². The Morgan fingerprint density at radius 2 is 1.26 bits per heavy atom. The Balaban J connectivity index is 1.36. The van der Waals surface area contributed by atoms with Crippen LogP contribution in [-0.2, 0) is 24.3 Å². The fourth-order valence-electron chi connectivity index (χ4n) is 4.42. The van der Waals surface area contributed by atoms with Crippen molar-refractivity contribution in [1.82, 2.24) is 9.80 Å². The highest BCUT2D eigenvalue weighted by Crippen LogP contribution is 2.22. The van der Waals surface area contributed by atoms with Gasteiger partial charge >= 0.3 is 0 Å². The Morgan fingerprint density at radius 3 is 1.84 bits per heavy atom. The third kappa shape index (κ3) is 6.28. The number of carbonyl (C=O) groups excluding carboxylic acids is 1. The molecule has 0 N–H and O–H groups in total. The first kappa shape index (κ1) is 21.3. The van der Waals surface area contributed by atoms with Gasteiger partial charge in [-0.15, -0.1) is 0 Å². The van der Waals surface area contributed by atoms with E-state index in [9.17, 15) is 4.79 Å². The largest absolute Gasteiger partial charge is 0.338 e. The molecule has 0 radical (unpaired) electrons. The van der Waals surface area contributed by atoms with E-state index in [2.05, 4.69) is 88.7 Å². The fraction of sp³-hybridized carbons (Fsp3) is 0.321. The molecule has 4 rings (SSSR count). The highest BCUT2D eigenvalue weighted by atomic mass is 16.2. The molecule has 31 heavy (non-hydrogen) atoms. The van der Waals surface area contributed by atoms with Crippen molar-refractivity contribution < 1.29 is 4.79 Å². The smallest absolute Gasteiger partial charge is 0.226 e. The first-order valence-electron chi connectivity index (χ1n) is 11.4. The lowest BCUT2D eigenvalue weighted by Gasteiger charge is -2.34. The van der Waals surface area contributed by atoms with Crippen LogP contribution in [-0.4, -0.2) is 35.3 Å². The van der Waals surface area contributed by atoms with Crippen LogP contribution in [0.4, 0.5) is 0 Å². The van der Waals surface area contributed by atoms with Gasteiger partial charge in [-0.2, -0.15) is 0 Å². The maximum atomic E-state index is 13.5. The van der Waals surface area contributed by atoms with E-state index >= 15 is 0 Å². The molecule has 1 heterocycles. The summed E-state index contributed by atoms with van der Waals surface area (Å²) in [4.78, 5) is 18.1. The Morgan fingerprint density at radius 1 is 0.742 bits per heavy atom. The van der Waals surface area contributed by atoms with Crippen LogP contribution in [0.5, 0.6) is 0 Å². The van der Waals surface area contributed by atoms with Crippen molar-refractivity contribution in [2.24, 2.45) is 5.92 Å². The maximum Gasteiger partial charge on any atom is 0.226 e. The highest BCUT2D eigenvalue weighted by Gasteiger charge is 2.28. The third-order valence-electron chi connectivity index (χ3n) is 6.23. The summed E-state index contributed by atoms with van der Waals surface area (Å²) in [5.41, 5.74) is 3.83. The minimum Gasteiger partial charge on any atom is -0.338 e. The minimum absolute atomic E-state index is 0.131. The first-order valence-corrected chi connectivity index (χ1v) is 11.4. The van der Waals surface area contributed by atoms with Crippen LogP contribution < -0.4 is 0 Å². The molecule has 0 aliphatic carbocycles. The Kier molecular flexibility index (Phi) is 7.51. The number of likely N-dealkylation sites (tertiary alicyclic amines) is 1. The quantitative estimate of drug-likeness (QED) is 0.510. The molecule has 3 aromatic rings. The third-order valence-corrected chi connectivity index (χ3v) is 6.23. The van der Waals surface area contributed by atoms with Crippen LogP contribution >= 0.6 is 0 Å². The van der Waals surface area contributed by atoms with Crippen LogP contribution in [0.2, 0.25) is 0 Å². The van der Waals surface area contributed by atoms with E-state index < -0.39 is 0 Å². The number of rotatable bonds is 8. The van der Waals surface area contributed by atoms with Gasteiger partial charge in [0.2, 0.25) is 5.91 Å². The van der Waals surface area contributed by atoms with Crippen LogP contribution in [0.3, 0.4) is 0 Å². The summed E-state index contributed by atoms with van der Waals surface area (Å²) in [6, 6.07) is 31.5. The lowest BCUT2D eigenvalue weighted by atomic mass is 9.94. The summed E-state index contributed by atoms with van der Waals surface area (Å²) < 4.78 is 0. The van der Waals surface area contributed by atoms with Crippen molar-refractivity contribution in [3.63, 3.8) is 0 Å². The zero-order valence-corrected chi connectivity index (χ0v) is 18.2. The summed E-state index contributed by atoms with van der Waals surface area (Å²) in [5, 5.41) is 0. The normalized spacial score (nSPS) is 15.0. The molecule has 0 unspecified atom stereocenters. The molecule has 1 amide bonds. The number of piperidine rings is 1. The van der Waals surface area contributed by atoms with Crippen LogP contribution in [0, 0.1) is 5.92 Å². The number of hydrogen-bond acceptors (Lipinski definition) is 2. The topological polar surface area (TPSA) is 23.6 Å². The van der Waals surface area contributed by atoms with Gasteiger partial charge in [-0.25, -0.2) is 0 Å². The average molecular weight is 413 g/mol. The van der Waals surface area contributed by atoms with Gasteiger partial charge < -0.3 is 4.90 Å². The van der Waals surface area contributed by atoms with Gasteiger partial charge in [-0.1, -0.05) is 91.0 Å². The molecule has 160 valence electrons. The molecular formula is C28H32N2O. The second kappa shape index (κ2) is 10.9. The fourth-order valence-corrected chi connectivity index (χ4v) is 4.42. The minimum atomic E-state index is 0.131. The van der Waals surface area contributed by atoms with Crippen LogP contribution in [0.25, 0.3) is 0 Å². The van der Waals surface area contributed by atoms with Gasteiger partial charge in [0.05, 0.1) is 0 Å². The molecule has 0 bridgehead atoms. The predicted octanol–water partition coefficient (Wildman–Crippen LogP) is 5.17. The SMILES string of the molecule is O=C(C1CCN(Cc2ccccc2)CC1)N(CCc1ccccc1)Cc1ccccc1. The predicted molar refractivity (Wildman–Crippen MR) is 126 cm³/mol. The molecule has 1 aliphatic rings. The summed E-state index contributed by atoms with van der Waals surface area (Å²) in [6.07, 6.45) is 2.79. The Bertz CT molecular complexity index is 919. The van der Waals surface area contributed by atoms with Gasteiger partial charge in [-0.3, -0.25) is 9.69 Å². The van der Waals surface area contributed by atoms with Crippen LogP contribution in [0.15, 0.2) is 91.0 Å². The van der Waals surface area contributed by atoms with E-state index in [0.717, 1.165) is 45.4 Å². The van der Waals surface area contributed by atoms with E-state index in [-0.39, 0.29) is 5.92 Å².